The number of benzene rings is 1. The summed E-state index contributed by atoms with van der Waals surface area (Å²) in [4.78, 5) is 14.7. The number of hydrogen-bond acceptors (Lipinski definition) is 5. The number of nitrogens with one attached hydrogen (secondary N) is 1. The van der Waals surface area contributed by atoms with Crippen LogP contribution in [0.15, 0.2) is 30.5 Å². The van der Waals surface area contributed by atoms with Gasteiger partial charge in [0.2, 0.25) is 5.88 Å². The number of amides is 1. The Hall–Kier alpha value is -2.54. The molecule has 0 atom stereocenters. The third kappa shape index (κ3) is 3.93. The van der Waals surface area contributed by atoms with E-state index in [0.717, 1.165) is 37.3 Å². The number of ether oxygens (including phenoxy) is 2. The van der Waals surface area contributed by atoms with E-state index >= 15 is 0 Å². The molecule has 1 aromatic heterocycles. The molecule has 1 fully saturated rings. The largest absolute Gasteiger partial charge is 0.479 e. The van der Waals surface area contributed by atoms with Gasteiger partial charge in [0.05, 0.1) is 13.2 Å². The number of methoxy groups -OCH3 is 2. The third-order valence-electron chi connectivity index (χ3n) is 4.50. The Morgan fingerprint density at radius 1 is 1.20 bits per heavy atom. The van der Waals surface area contributed by atoms with Crippen LogP contribution in [0.3, 0.4) is 0 Å². The Morgan fingerprint density at radius 3 is 2.48 bits per heavy atom. The van der Waals surface area contributed by atoms with Gasteiger partial charge in [-0.15, -0.1) is 5.10 Å². The van der Waals surface area contributed by atoms with E-state index < -0.39 is 0 Å². The molecule has 0 spiro atoms. The number of nitrogens with zero attached hydrogens (tertiary/aromatic N) is 3. The molecule has 2 heterocycles. The van der Waals surface area contributed by atoms with Gasteiger partial charge in [0.25, 0.3) is 5.91 Å². The minimum atomic E-state index is -0.237. The van der Waals surface area contributed by atoms with Crippen molar-refractivity contribution in [2.75, 3.05) is 37.5 Å². The molecule has 0 radical (unpaired) electrons. The van der Waals surface area contributed by atoms with Crippen molar-refractivity contribution in [1.82, 2.24) is 9.78 Å². The molecule has 7 heteroatoms. The summed E-state index contributed by atoms with van der Waals surface area (Å²) < 4.78 is 12.1. The van der Waals surface area contributed by atoms with Gasteiger partial charge >= 0.3 is 0 Å². The van der Waals surface area contributed by atoms with Gasteiger partial charge < -0.3 is 19.7 Å². The Kier molecular flexibility index (Phi) is 5.23. The van der Waals surface area contributed by atoms with Crippen molar-refractivity contribution in [2.24, 2.45) is 7.05 Å². The summed E-state index contributed by atoms with van der Waals surface area (Å²) in [6.07, 6.45) is 4.08. The number of piperidine rings is 1. The first kappa shape index (κ1) is 17.3. The van der Waals surface area contributed by atoms with Crippen LogP contribution >= 0.6 is 0 Å². The maximum Gasteiger partial charge on any atom is 0.262 e. The van der Waals surface area contributed by atoms with Gasteiger partial charge in [0.1, 0.15) is 5.56 Å². The summed E-state index contributed by atoms with van der Waals surface area (Å²) in [5, 5.41) is 6.98. The highest BCUT2D eigenvalue weighted by Gasteiger charge is 2.19. The summed E-state index contributed by atoms with van der Waals surface area (Å²) in [7, 11) is 5.02. The van der Waals surface area contributed by atoms with Crippen LogP contribution in [0, 0.1) is 0 Å². The number of aromatic nitrogens is 2. The predicted molar refractivity (Wildman–Crippen MR) is 96.4 cm³/mol. The molecule has 1 N–H and O–H groups in total. The highest BCUT2D eigenvalue weighted by molar-refractivity contribution is 6.05. The van der Waals surface area contributed by atoms with Crippen LogP contribution in [0.4, 0.5) is 11.4 Å². The maximum atomic E-state index is 12.4. The fraction of sp³-hybridized carbons (Fsp3) is 0.444. The number of carbonyl (C=O) groups excluding carboxylic acids is 1. The molecule has 0 aliphatic carbocycles. The standard InChI is InChI=1S/C18H24N4O3/c1-21-12-16(18(20-21)25-3)17(23)19-13-4-6-14(7-5-13)22-10-8-15(24-2)9-11-22/h4-7,12,15H,8-11H2,1-3H3,(H,19,23). The molecule has 1 amide bonds. The quantitative estimate of drug-likeness (QED) is 0.901. The van der Waals surface area contributed by atoms with Crippen molar-refractivity contribution in [2.45, 2.75) is 18.9 Å². The topological polar surface area (TPSA) is 68.6 Å². The second-order valence-electron chi connectivity index (χ2n) is 6.15. The Labute approximate surface area is 147 Å². The lowest BCUT2D eigenvalue weighted by Crippen LogP contribution is -2.36. The number of rotatable bonds is 5. The first-order valence-corrected chi connectivity index (χ1v) is 8.37. The molecular formula is C18H24N4O3. The molecule has 0 saturated carbocycles. The van der Waals surface area contributed by atoms with E-state index in [4.69, 9.17) is 9.47 Å². The van der Waals surface area contributed by atoms with Gasteiger partial charge in [0, 0.05) is 44.8 Å². The third-order valence-corrected chi connectivity index (χ3v) is 4.50. The van der Waals surface area contributed by atoms with Gasteiger partial charge in [0.15, 0.2) is 0 Å². The summed E-state index contributed by atoms with van der Waals surface area (Å²) in [5.41, 5.74) is 2.31. The summed E-state index contributed by atoms with van der Waals surface area (Å²) >= 11 is 0. The van der Waals surface area contributed by atoms with E-state index in [2.05, 4.69) is 15.3 Å². The van der Waals surface area contributed by atoms with E-state index in [0.29, 0.717) is 17.5 Å². The van der Waals surface area contributed by atoms with Crippen LogP contribution in [0.1, 0.15) is 23.2 Å². The number of hydrogen-bond donors (Lipinski definition) is 1. The van der Waals surface area contributed by atoms with Crippen molar-refractivity contribution in [1.29, 1.82) is 0 Å². The van der Waals surface area contributed by atoms with E-state index in [1.54, 1.807) is 25.0 Å². The van der Waals surface area contributed by atoms with Crippen LogP contribution in [0.2, 0.25) is 0 Å². The van der Waals surface area contributed by atoms with Crippen molar-refractivity contribution in [3.63, 3.8) is 0 Å². The van der Waals surface area contributed by atoms with Crippen LogP contribution in [0.5, 0.6) is 5.88 Å². The molecular weight excluding hydrogens is 320 g/mol. The van der Waals surface area contributed by atoms with Crippen LogP contribution in [0.25, 0.3) is 0 Å². The summed E-state index contributed by atoms with van der Waals surface area (Å²) in [6.45, 7) is 1.97. The fourth-order valence-corrected chi connectivity index (χ4v) is 3.08. The fourth-order valence-electron chi connectivity index (χ4n) is 3.08. The number of anilines is 2. The molecule has 0 unspecified atom stereocenters. The molecule has 7 nitrogen and oxygen atoms in total. The lowest BCUT2D eigenvalue weighted by atomic mass is 10.1. The van der Waals surface area contributed by atoms with Gasteiger partial charge in [-0.25, -0.2) is 0 Å². The average Bonchev–Trinajstić information content (AvgIpc) is 3.03. The zero-order chi connectivity index (χ0) is 17.8. The van der Waals surface area contributed by atoms with Crippen LogP contribution in [-0.2, 0) is 11.8 Å². The minimum Gasteiger partial charge on any atom is -0.479 e. The second kappa shape index (κ2) is 7.57. The molecule has 3 rings (SSSR count). The Morgan fingerprint density at radius 2 is 1.88 bits per heavy atom. The van der Waals surface area contributed by atoms with Gasteiger partial charge in [-0.05, 0) is 37.1 Å². The Balaban J connectivity index is 1.63. The lowest BCUT2D eigenvalue weighted by molar-refractivity contribution is 0.0819. The summed E-state index contributed by atoms with van der Waals surface area (Å²) in [5.74, 6) is 0.0799. The van der Waals surface area contributed by atoms with Crippen LogP contribution < -0.4 is 15.0 Å². The molecule has 1 aromatic carbocycles. The molecule has 1 aliphatic heterocycles. The van der Waals surface area contributed by atoms with Gasteiger partial charge in [-0.3, -0.25) is 9.48 Å². The van der Waals surface area contributed by atoms with Crippen molar-refractivity contribution in [3.8, 4) is 5.88 Å². The predicted octanol–water partition coefficient (Wildman–Crippen LogP) is 2.30. The first-order valence-electron chi connectivity index (χ1n) is 8.37. The van der Waals surface area contributed by atoms with E-state index in [1.165, 1.54) is 7.11 Å². The van der Waals surface area contributed by atoms with Crippen molar-refractivity contribution in [3.05, 3.63) is 36.0 Å². The van der Waals surface area contributed by atoms with Crippen molar-refractivity contribution >= 4 is 17.3 Å². The molecule has 2 aromatic rings. The van der Waals surface area contributed by atoms with E-state index in [1.807, 2.05) is 24.3 Å². The van der Waals surface area contributed by atoms with E-state index in [9.17, 15) is 4.79 Å². The number of aryl methyl sites for hydroxylation is 1. The monoisotopic (exact) mass is 344 g/mol. The zero-order valence-corrected chi connectivity index (χ0v) is 14.9. The molecule has 25 heavy (non-hydrogen) atoms. The SMILES string of the molecule is COc1nn(C)cc1C(=O)Nc1ccc(N2CCC(OC)CC2)cc1. The highest BCUT2D eigenvalue weighted by Crippen LogP contribution is 2.24. The molecule has 134 valence electrons. The van der Waals surface area contributed by atoms with Gasteiger partial charge in [-0.2, -0.15) is 0 Å². The first-order chi connectivity index (χ1) is 12.1. The molecule has 1 aliphatic rings. The highest BCUT2D eigenvalue weighted by atomic mass is 16.5. The number of carbonyl (C=O) groups is 1. The normalized spacial score (nSPS) is 15.2. The Bertz CT molecular complexity index is 718. The van der Waals surface area contributed by atoms with Crippen LogP contribution in [-0.4, -0.2) is 49.1 Å². The van der Waals surface area contributed by atoms with E-state index in [-0.39, 0.29) is 5.91 Å². The smallest absolute Gasteiger partial charge is 0.262 e. The summed E-state index contributed by atoms with van der Waals surface area (Å²) in [6, 6.07) is 7.89. The zero-order valence-electron chi connectivity index (χ0n) is 14.9. The maximum absolute atomic E-state index is 12.4. The second-order valence-corrected chi connectivity index (χ2v) is 6.15. The van der Waals surface area contributed by atoms with Crippen molar-refractivity contribution < 1.29 is 14.3 Å². The lowest BCUT2D eigenvalue weighted by Gasteiger charge is -2.33. The minimum absolute atomic E-state index is 0.237. The van der Waals surface area contributed by atoms with Gasteiger partial charge in [-0.1, -0.05) is 0 Å². The molecule has 0 bridgehead atoms. The average molecular weight is 344 g/mol. The molecule has 1 saturated heterocycles.